The molecule has 0 spiro atoms. The van der Waals surface area contributed by atoms with Crippen molar-refractivity contribution in [1.29, 1.82) is 0 Å². The van der Waals surface area contributed by atoms with Gasteiger partial charge in [0.2, 0.25) is 0 Å². The van der Waals surface area contributed by atoms with E-state index in [0.29, 0.717) is 34.0 Å². The molecule has 0 aliphatic rings. The largest absolute Gasteiger partial charge is 0.507 e. The minimum atomic E-state index is -4.26. The number of phenols is 1. The van der Waals surface area contributed by atoms with Crippen LogP contribution in [-0.2, 0) is 27.1 Å². The molecule has 0 aliphatic carbocycles. The Morgan fingerprint density at radius 1 is 0.500 bits per heavy atom. The molecule has 6 aromatic carbocycles. The van der Waals surface area contributed by atoms with Crippen molar-refractivity contribution in [3.8, 4) is 67.5 Å². The quantitative estimate of drug-likeness (QED) is 0.181. The lowest BCUT2D eigenvalue weighted by Crippen LogP contribution is -2.17. The van der Waals surface area contributed by atoms with E-state index in [1.165, 1.54) is 16.7 Å². The van der Waals surface area contributed by atoms with Gasteiger partial charge >= 0.3 is 0 Å². The van der Waals surface area contributed by atoms with Crippen molar-refractivity contribution >= 4 is 11.0 Å². The Kier molecular flexibility index (Phi) is 6.42. The van der Waals surface area contributed by atoms with Crippen LogP contribution in [0.3, 0.4) is 0 Å². The van der Waals surface area contributed by atoms with E-state index in [-0.39, 0.29) is 39.3 Å². The summed E-state index contributed by atoms with van der Waals surface area (Å²) in [7, 11) is 0. The Morgan fingerprint density at radius 3 is 1.77 bits per heavy atom. The van der Waals surface area contributed by atoms with Gasteiger partial charge in [-0.1, -0.05) is 188 Å². The second kappa shape index (κ2) is 16.6. The van der Waals surface area contributed by atoms with Crippen LogP contribution in [0, 0.1) is 0 Å². The normalized spacial score (nSPS) is 19.1. The summed E-state index contributed by atoms with van der Waals surface area (Å²) in [5.74, 6) is -2.15. The Labute approximate surface area is 427 Å². The van der Waals surface area contributed by atoms with Crippen LogP contribution >= 0.6 is 0 Å². The maximum Gasteiger partial charge on any atom is 0.149 e. The zero-order chi connectivity index (χ0) is 67.1. The molecule has 0 atom stereocenters. The Hall–Kier alpha value is -6.26. The number of benzene rings is 6. The summed E-state index contributed by atoms with van der Waals surface area (Å²) in [4.78, 5) is 9.95. The van der Waals surface area contributed by atoms with Crippen LogP contribution in [0.25, 0.3) is 72.7 Å². The molecule has 8 rings (SSSR count). The van der Waals surface area contributed by atoms with Crippen LogP contribution in [0.5, 0.6) is 5.75 Å². The molecule has 1 N–H and O–H groups in total. The van der Waals surface area contributed by atoms with Crippen molar-refractivity contribution in [2.24, 2.45) is 0 Å². The second-order valence-corrected chi connectivity index (χ2v) is 20.2. The Balaban J connectivity index is 1.64. The number of para-hydroxylation sites is 1. The van der Waals surface area contributed by atoms with Crippen LogP contribution in [0.1, 0.15) is 163 Å². The van der Waals surface area contributed by atoms with Crippen LogP contribution in [-0.4, -0.2) is 19.6 Å². The number of hydrogen-bond acceptors (Lipinski definition) is 3. The van der Waals surface area contributed by atoms with Gasteiger partial charge in [0, 0.05) is 53.1 Å². The fourth-order valence-electron chi connectivity index (χ4n) is 8.14. The molecule has 0 aliphatic heterocycles. The highest BCUT2D eigenvalue weighted by Gasteiger charge is 2.30. The summed E-state index contributed by atoms with van der Waals surface area (Å²) in [6.45, 7) is -7.25. The summed E-state index contributed by atoms with van der Waals surface area (Å²) in [5, 5.41) is 13.2. The number of aromatic hydroxyl groups is 1. The van der Waals surface area contributed by atoms with Crippen molar-refractivity contribution in [3.05, 3.63) is 167 Å². The van der Waals surface area contributed by atoms with E-state index < -0.39 is 121 Å². The lowest BCUT2D eigenvalue weighted by molar-refractivity contribution is 0.446. The van der Waals surface area contributed by atoms with E-state index >= 15 is 0 Å². The molecule has 0 fully saturated rings. The summed E-state index contributed by atoms with van der Waals surface area (Å²) >= 11 is 0. The first-order valence-corrected chi connectivity index (χ1v) is 21.7. The predicted molar refractivity (Wildman–Crippen MR) is 281 cm³/mol. The zero-order valence-corrected chi connectivity index (χ0v) is 38.7. The molecule has 0 saturated heterocycles. The highest BCUT2D eigenvalue weighted by molar-refractivity contribution is 5.98. The molecule has 8 aromatic rings. The lowest BCUT2D eigenvalue weighted by atomic mass is 9.79. The number of pyridine rings is 1. The SMILES string of the molecule is [2H]c1c([2H])c([2H])c(-c2cc(C(C)(C)C)ccc2-n2c(-c3cc(C(C([2H])([2H])[2H])(C([2H])([2H])[2H])C([2H])([2H])[2H])cc(C(C([2H])([2H])[2H])(C([2H])([2H])[2H])C([2H])([2H])[2H])c3O)nc3c(-c4cc(-c5cc(-c6ccc(C(C)(C)C)cc6)ccn5)cc(C(C)(C)C)c4)cccc32)c([2H])c1[2H]. The number of imidazole rings is 1. The van der Waals surface area contributed by atoms with Crippen molar-refractivity contribution < 1.29 is 36.6 Å². The van der Waals surface area contributed by atoms with E-state index in [0.717, 1.165) is 22.3 Å². The molecule has 4 nitrogen and oxygen atoms in total. The van der Waals surface area contributed by atoms with Gasteiger partial charge in [-0.15, -0.1) is 0 Å². The average Bonchev–Trinajstić information content (AvgIpc) is 1.15. The van der Waals surface area contributed by atoms with E-state index in [4.69, 9.17) is 38.8 Å². The third-order valence-electron chi connectivity index (χ3n) is 12.0. The van der Waals surface area contributed by atoms with Gasteiger partial charge in [-0.05, 0) is 120 Å². The second-order valence-electron chi connectivity index (χ2n) is 20.2. The smallest absolute Gasteiger partial charge is 0.149 e. The maximum atomic E-state index is 13.2. The minimum absolute atomic E-state index is 0.000809. The monoisotopic (exact) mass is 895 g/mol. The van der Waals surface area contributed by atoms with E-state index in [1.54, 1.807) is 30.5 Å². The molecule has 0 saturated carbocycles. The number of hydrogen-bond donors (Lipinski definition) is 1. The van der Waals surface area contributed by atoms with Crippen molar-refractivity contribution in [2.45, 2.75) is 130 Å². The average molecular weight is 895 g/mol. The van der Waals surface area contributed by atoms with E-state index in [2.05, 4.69) is 32.9 Å². The molecule has 66 heavy (non-hydrogen) atoms. The Bertz CT molecular complexity index is 3960. The summed E-state index contributed by atoms with van der Waals surface area (Å²) in [6.07, 6.45) is 1.69. The summed E-state index contributed by atoms with van der Waals surface area (Å²) in [6, 6.07) is 24.5. The van der Waals surface area contributed by atoms with Gasteiger partial charge in [0.1, 0.15) is 11.6 Å². The van der Waals surface area contributed by atoms with Gasteiger partial charge in [0.05, 0.1) is 34.8 Å². The fourth-order valence-corrected chi connectivity index (χ4v) is 8.14. The van der Waals surface area contributed by atoms with E-state index in [1.807, 2.05) is 84.0 Å². The molecule has 0 radical (unpaired) electrons. The highest BCUT2D eigenvalue weighted by atomic mass is 16.3. The first-order chi connectivity index (χ1) is 40.4. The summed E-state index contributed by atoms with van der Waals surface area (Å²) in [5.41, 5.74) is -7.90. The number of fused-ring (bicyclic) bond motifs is 1. The van der Waals surface area contributed by atoms with Gasteiger partial charge in [0.15, 0.2) is 0 Å². The van der Waals surface area contributed by atoms with Gasteiger partial charge in [-0.3, -0.25) is 9.55 Å². The first-order valence-electron chi connectivity index (χ1n) is 33.2. The first kappa shape index (κ1) is 25.6. The fraction of sp³-hybridized carbons (Fsp3) is 0.323. The number of nitrogens with zero attached hydrogens (tertiary/aromatic N) is 3. The number of phenolic OH excluding ortho intramolecular Hbond substituents is 1. The standard InChI is InChI=1S/C62H69N3O/c1-58(2,3)44-26-24-39(25-27-44)41-30-31-63-52(35-41)43-32-42(33-46(34-43)60(7,8)9)48-22-19-23-54-55(48)64-57(50-37-47(61(10,11)12)38-51(56(50)66)62(13,14)15)65(54)53-29-28-45(59(4,5)6)36-49(53)40-20-17-16-18-21-40/h16-38,66H,1-15H3/i10D3,11D3,12D3,13D3,14D3,15D3,16D,17D,18D,20D,21D. The molecule has 0 unspecified atom stereocenters. The van der Waals surface area contributed by atoms with Crippen LogP contribution in [0.15, 0.2) is 140 Å². The highest BCUT2D eigenvalue weighted by Crippen LogP contribution is 2.46. The Morgan fingerprint density at radius 2 is 1.12 bits per heavy atom. The molecule has 0 bridgehead atoms. The summed E-state index contributed by atoms with van der Waals surface area (Å²) < 4.78 is 205. The van der Waals surface area contributed by atoms with Crippen LogP contribution < -0.4 is 0 Å². The van der Waals surface area contributed by atoms with Crippen LogP contribution in [0.2, 0.25) is 0 Å². The van der Waals surface area contributed by atoms with Crippen LogP contribution in [0.4, 0.5) is 0 Å². The topological polar surface area (TPSA) is 50.9 Å². The molecule has 0 amide bonds. The van der Waals surface area contributed by atoms with Gasteiger partial charge in [-0.25, -0.2) is 4.98 Å². The minimum Gasteiger partial charge on any atom is -0.507 e. The predicted octanol–water partition coefficient (Wildman–Crippen LogP) is 16.9. The number of rotatable bonds is 6. The molecular weight excluding hydrogens is 803 g/mol. The van der Waals surface area contributed by atoms with E-state index in [9.17, 15) is 7.85 Å². The number of aromatic nitrogens is 3. The van der Waals surface area contributed by atoms with Crippen molar-refractivity contribution in [1.82, 2.24) is 14.5 Å². The van der Waals surface area contributed by atoms with Gasteiger partial charge in [0.25, 0.3) is 0 Å². The molecular formula is C62H69N3O. The third kappa shape index (κ3) is 9.12. The van der Waals surface area contributed by atoms with Gasteiger partial charge in [-0.2, -0.15) is 0 Å². The maximum absolute atomic E-state index is 13.2. The van der Waals surface area contributed by atoms with Crippen molar-refractivity contribution in [3.63, 3.8) is 0 Å². The van der Waals surface area contributed by atoms with Gasteiger partial charge < -0.3 is 5.11 Å². The third-order valence-corrected chi connectivity index (χ3v) is 12.0. The molecule has 338 valence electrons. The lowest BCUT2D eigenvalue weighted by Gasteiger charge is -2.28. The zero-order valence-electron chi connectivity index (χ0n) is 61.7. The molecule has 2 heterocycles. The van der Waals surface area contributed by atoms with Crippen molar-refractivity contribution in [2.75, 3.05) is 0 Å². The molecule has 4 heteroatoms. The molecule has 2 aromatic heterocycles.